The number of hydrogen-bond acceptors (Lipinski definition) is 6. The van der Waals surface area contributed by atoms with E-state index in [-0.39, 0.29) is 5.56 Å². The minimum Gasteiger partial charge on any atom is -0.394 e. The van der Waals surface area contributed by atoms with Gasteiger partial charge in [-0.05, 0) is 6.08 Å². The Labute approximate surface area is 146 Å². The molecule has 0 radical (unpaired) electrons. The summed E-state index contributed by atoms with van der Waals surface area (Å²) in [5.74, 6) is -4.46. The quantitative estimate of drug-likeness (QED) is 0.544. The predicted octanol–water partition coefficient (Wildman–Crippen LogP) is -0.223. The van der Waals surface area contributed by atoms with Crippen molar-refractivity contribution in [3.05, 3.63) is 48.2 Å². The van der Waals surface area contributed by atoms with Crippen LogP contribution in [-0.2, 0) is 4.74 Å². The monoisotopic (exact) mass is 369 g/mol. The van der Waals surface area contributed by atoms with Gasteiger partial charge in [0.1, 0.15) is 6.10 Å². The minimum atomic E-state index is -3.83. The molecule has 0 aromatic heterocycles. The molecule has 3 rings (SSSR count). The van der Waals surface area contributed by atoms with Crippen LogP contribution in [0, 0.1) is 0 Å². The molecule has 0 saturated carbocycles. The number of benzene rings is 1. The van der Waals surface area contributed by atoms with E-state index in [9.17, 15) is 23.5 Å². The number of hydrogen-bond donors (Lipinski definition) is 4. The van der Waals surface area contributed by atoms with Gasteiger partial charge in [0.25, 0.3) is 0 Å². The van der Waals surface area contributed by atoms with Crippen LogP contribution in [0.3, 0.4) is 0 Å². The number of alkyl halides is 2. The zero-order valence-corrected chi connectivity index (χ0v) is 13.4. The number of nitrogens with two attached hydrogens (primary N) is 1. The molecule has 1 aromatic carbocycles. The number of rotatable bonds is 4. The molecule has 2 aliphatic rings. The second-order valence-corrected chi connectivity index (χ2v) is 6.05. The molecule has 140 valence electrons. The van der Waals surface area contributed by atoms with E-state index in [2.05, 4.69) is 5.32 Å². The normalized spacial score (nSPS) is 33.2. The van der Waals surface area contributed by atoms with Gasteiger partial charge in [-0.25, -0.2) is 4.79 Å². The fourth-order valence-corrected chi connectivity index (χ4v) is 2.81. The maximum absolute atomic E-state index is 14.2. The number of aliphatic hydroxyl groups excluding tert-OH is 2. The molecule has 4 atom stereocenters. The number of ether oxygens (including phenoxy) is 1. The highest BCUT2D eigenvalue weighted by atomic mass is 19.3. The zero-order chi connectivity index (χ0) is 19.1. The highest BCUT2D eigenvalue weighted by Gasteiger charge is 2.61. The zero-order valence-electron chi connectivity index (χ0n) is 13.4. The number of urea groups is 1. The molecule has 1 aromatic rings. The van der Waals surface area contributed by atoms with Crippen LogP contribution in [0.1, 0.15) is 10.4 Å². The summed E-state index contributed by atoms with van der Waals surface area (Å²) in [4.78, 5) is 25.3. The summed E-state index contributed by atoms with van der Waals surface area (Å²) in [6.45, 7) is -0.847. The molecule has 1 fully saturated rings. The van der Waals surface area contributed by atoms with Crippen LogP contribution in [0.2, 0.25) is 0 Å². The minimum absolute atomic E-state index is 0.228. The molecular formula is C16H17F2N3O5. The molecule has 5 N–H and O–H groups in total. The van der Waals surface area contributed by atoms with Crippen molar-refractivity contribution in [2.24, 2.45) is 5.73 Å². The molecule has 26 heavy (non-hydrogen) atoms. The van der Waals surface area contributed by atoms with Gasteiger partial charge in [0.2, 0.25) is 12.0 Å². The molecule has 2 heterocycles. The van der Waals surface area contributed by atoms with Gasteiger partial charge in [0.15, 0.2) is 11.8 Å². The van der Waals surface area contributed by atoms with Crippen molar-refractivity contribution in [3.63, 3.8) is 0 Å². The standard InChI is InChI=1S/C16H17F2N3O5/c17-16(18)12(24)10(8-22)26-13(16)21-7-6-15(19,20-14(21)25)11(23)9-4-2-1-3-5-9/h1-7,10,12-13,22,24H,8,19H2,(H,20,25)/t10-,12-,13-,15?/m1/s1. The van der Waals surface area contributed by atoms with Crippen LogP contribution >= 0.6 is 0 Å². The third-order valence-corrected chi connectivity index (χ3v) is 4.27. The van der Waals surface area contributed by atoms with E-state index in [1.54, 1.807) is 18.2 Å². The SMILES string of the molecule is NC1(C(=O)c2ccccc2)C=CN([C@@H]2O[C@H](CO)[C@@H](O)C2(F)F)C(=O)N1. The second kappa shape index (κ2) is 6.40. The Morgan fingerprint density at radius 3 is 2.54 bits per heavy atom. The van der Waals surface area contributed by atoms with Crippen molar-refractivity contribution in [1.82, 2.24) is 10.2 Å². The average molecular weight is 369 g/mol. The van der Waals surface area contributed by atoms with Crippen LogP contribution in [0.15, 0.2) is 42.6 Å². The third-order valence-electron chi connectivity index (χ3n) is 4.27. The van der Waals surface area contributed by atoms with Crippen molar-refractivity contribution >= 4 is 11.8 Å². The Morgan fingerprint density at radius 1 is 1.35 bits per heavy atom. The summed E-state index contributed by atoms with van der Waals surface area (Å²) in [6, 6.07) is 6.81. The summed E-state index contributed by atoms with van der Waals surface area (Å²) in [5, 5.41) is 20.7. The topological polar surface area (TPSA) is 125 Å². The van der Waals surface area contributed by atoms with Gasteiger partial charge in [0.05, 0.1) is 6.61 Å². The van der Waals surface area contributed by atoms with Crippen LogP contribution in [0.5, 0.6) is 0 Å². The number of nitrogens with one attached hydrogen (secondary N) is 1. The van der Waals surface area contributed by atoms with E-state index in [1.807, 2.05) is 0 Å². The van der Waals surface area contributed by atoms with Gasteiger partial charge in [0, 0.05) is 11.8 Å². The molecule has 2 aliphatic heterocycles. The van der Waals surface area contributed by atoms with Gasteiger partial charge < -0.3 is 20.3 Å². The number of ketones is 1. The van der Waals surface area contributed by atoms with Crippen molar-refractivity contribution in [2.45, 2.75) is 30.0 Å². The van der Waals surface area contributed by atoms with Crippen LogP contribution in [0.25, 0.3) is 0 Å². The first-order chi connectivity index (χ1) is 12.2. The number of aliphatic hydroxyl groups is 2. The second-order valence-electron chi connectivity index (χ2n) is 6.05. The van der Waals surface area contributed by atoms with Gasteiger partial charge in [-0.1, -0.05) is 30.3 Å². The summed E-state index contributed by atoms with van der Waals surface area (Å²) < 4.78 is 33.2. The van der Waals surface area contributed by atoms with E-state index in [0.717, 1.165) is 12.3 Å². The highest BCUT2D eigenvalue weighted by molar-refractivity contribution is 6.06. The lowest BCUT2D eigenvalue weighted by Gasteiger charge is -2.37. The average Bonchev–Trinajstić information content (AvgIpc) is 2.85. The molecule has 0 bridgehead atoms. The number of halogens is 2. The van der Waals surface area contributed by atoms with Crippen LogP contribution < -0.4 is 11.1 Å². The molecule has 0 aliphatic carbocycles. The van der Waals surface area contributed by atoms with Crippen molar-refractivity contribution in [3.8, 4) is 0 Å². The Kier molecular flexibility index (Phi) is 4.53. The third kappa shape index (κ3) is 2.86. The Bertz CT molecular complexity index is 745. The van der Waals surface area contributed by atoms with E-state index >= 15 is 0 Å². The largest absolute Gasteiger partial charge is 0.394 e. The highest BCUT2D eigenvalue weighted by Crippen LogP contribution is 2.38. The molecule has 8 nitrogen and oxygen atoms in total. The lowest BCUT2D eigenvalue weighted by molar-refractivity contribution is -0.145. The molecule has 1 saturated heterocycles. The Hall–Kier alpha value is -2.40. The van der Waals surface area contributed by atoms with E-state index < -0.39 is 48.4 Å². The van der Waals surface area contributed by atoms with Gasteiger partial charge in [-0.15, -0.1) is 0 Å². The predicted molar refractivity (Wildman–Crippen MR) is 83.9 cm³/mol. The smallest absolute Gasteiger partial charge is 0.325 e. The number of carbonyl (C=O) groups excluding carboxylic acids is 2. The van der Waals surface area contributed by atoms with Crippen LogP contribution in [0.4, 0.5) is 13.6 Å². The lowest BCUT2D eigenvalue weighted by Crippen LogP contribution is -2.66. The van der Waals surface area contributed by atoms with Gasteiger partial charge in [-0.2, -0.15) is 8.78 Å². The van der Waals surface area contributed by atoms with Crippen molar-refractivity contribution in [2.75, 3.05) is 6.61 Å². The van der Waals surface area contributed by atoms with Gasteiger partial charge in [-0.3, -0.25) is 15.4 Å². The van der Waals surface area contributed by atoms with E-state index in [4.69, 9.17) is 15.6 Å². The molecule has 10 heteroatoms. The van der Waals surface area contributed by atoms with Crippen molar-refractivity contribution < 1.29 is 33.3 Å². The van der Waals surface area contributed by atoms with Crippen molar-refractivity contribution in [1.29, 1.82) is 0 Å². The Morgan fingerprint density at radius 2 is 2.00 bits per heavy atom. The number of Topliss-reactive ketones (excluding diaryl/α,β-unsaturated/α-hetero) is 1. The lowest BCUT2D eigenvalue weighted by atomic mass is 9.97. The number of nitrogens with zero attached hydrogens (tertiary/aromatic N) is 1. The van der Waals surface area contributed by atoms with Crippen LogP contribution in [-0.4, -0.2) is 63.6 Å². The summed E-state index contributed by atoms with van der Waals surface area (Å²) in [6.07, 6.45) is -4.02. The first kappa shape index (κ1) is 18.4. The molecule has 1 unspecified atom stereocenters. The van der Waals surface area contributed by atoms with E-state index in [1.165, 1.54) is 12.1 Å². The van der Waals surface area contributed by atoms with Gasteiger partial charge >= 0.3 is 12.0 Å². The first-order valence-electron chi connectivity index (χ1n) is 7.71. The van der Waals surface area contributed by atoms with E-state index in [0.29, 0.717) is 4.90 Å². The molecular weight excluding hydrogens is 352 g/mol. The maximum atomic E-state index is 14.2. The summed E-state index contributed by atoms with van der Waals surface area (Å²) in [5.41, 5.74) is 4.23. The number of carbonyl (C=O) groups is 2. The summed E-state index contributed by atoms with van der Waals surface area (Å²) in [7, 11) is 0. The molecule has 0 spiro atoms. The fourth-order valence-electron chi connectivity index (χ4n) is 2.81. The maximum Gasteiger partial charge on any atom is 0.325 e. The molecule has 2 amide bonds. The first-order valence-corrected chi connectivity index (χ1v) is 7.71. The Balaban J connectivity index is 1.85. The number of amides is 2. The fraction of sp³-hybridized carbons (Fsp3) is 0.375. The summed E-state index contributed by atoms with van der Waals surface area (Å²) >= 11 is 0.